The van der Waals surface area contributed by atoms with E-state index in [9.17, 15) is 4.39 Å². The van der Waals surface area contributed by atoms with Crippen LogP contribution >= 0.6 is 11.6 Å². The van der Waals surface area contributed by atoms with E-state index in [1.807, 2.05) is 0 Å². The number of ether oxygens (including phenoxy) is 1. The van der Waals surface area contributed by atoms with Crippen LogP contribution in [0.25, 0.3) is 10.9 Å². The summed E-state index contributed by atoms with van der Waals surface area (Å²) in [6.45, 7) is 0. The molecule has 0 saturated carbocycles. The van der Waals surface area contributed by atoms with E-state index in [2.05, 4.69) is 4.98 Å². The third kappa shape index (κ3) is 1.40. The summed E-state index contributed by atoms with van der Waals surface area (Å²) in [5.41, 5.74) is 0.233. The molecule has 0 fully saturated rings. The van der Waals surface area contributed by atoms with Gasteiger partial charge >= 0.3 is 0 Å². The molecule has 0 radical (unpaired) electrons. The van der Waals surface area contributed by atoms with Crippen molar-refractivity contribution in [3.05, 3.63) is 35.2 Å². The molecule has 0 aliphatic rings. The SMILES string of the molecule is COc1ccc2ccc(Cl)nc2c1F. The van der Waals surface area contributed by atoms with Gasteiger partial charge in [-0.1, -0.05) is 11.6 Å². The minimum absolute atomic E-state index is 0.173. The Balaban J connectivity index is 2.79. The van der Waals surface area contributed by atoms with Gasteiger partial charge in [0.15, 0.2) is 11.6 Å². The third-order valence-electron chi connectivity index (χ3n) is 1.95. The first-order valence-corrected chi connectivity index (χ1v) is 4.39. The van der Waals surface area contributed by atoms with Crippen molar-refractivity contribution >= 4 is 22.5 Å². The molecule has 2 nitrogen and oxygen atoms in total. The highest BCUT2D eigenvalue weighted by Crippen LogP contribution is 2.25. The van der Waals surface area contributed by atoms with Crippen LogP contribution in [0.1, 0.15) is 0 Å². The minimum atomic E-state index is -0.479. The lowest BCUT2D eigenvalue weighted by molar-refractivity contribution is 0.388. The van der Waals surface area contributed by atoms with Crippen LogP contribution < -0.4 is 4.74 Å². The zero-order valence-corrected chi connectivity index (χ0v) is 8.18. The average Bonchev–Trinajstić information content (AvgIpc) is 2.20. The van der Waals surface area contributed by atoms with Crippen molar-refractivity contribution < 1.29 is 9.13 Å². The molecule has 0 atom stereocenters. The van der Waals surface area contributed by atoms with Crippen molar-refractivity contribution in [1.29, 1.82) is 0 Å². The molecule has 0 spiro atoms. The van der Waals surface area contributed by atoms with Gasteiger partial charge in [-0.3, -0.25) is 0 Å². The van der Waals surface area contributed by atoms with Crippen LogP contribution in [0.3, 0.4) is 0 Å². The van der Waals surface area contributed by atoms with E-state index in [1.54, 1.807) is 24.3 Å². The van der Waals surface area contributed by atoms with Gasteiger partial charge in [0, 0.05) is 5.39 Å². The molecule has 1 aromatic heterocycles. The summed E-state index contributed by atoms with van der Waals surface area (Å²) in [4.78, 5) is 3.89. The van der Waals surface area contributed by atoms with E-state index >= 15 is 0 Å². The molecular formula is C10H7ClFNO. The van der Waals surface area contributed by atoms with Gasteiger partial charge in [0.05, 0.1) is 7.11 Å². The molecule has 72 valence electrons. The summed E-state index contributed by atoms with van der Waals surface area (Å²) in [7, 11) is 1.41. The Bertz CT molecular complexity index is 487. The van der Waals surface area contributed by atoms with E-state index in [-0.39, 0.29) is 16.4 Å². The maximum atomic E-state index is 13.6. The molecule has 0 aliphatic heterocycles. The summed E-state index contributed by atoms with van der Waals surface area (Å²) in [5.74, 6) is -0.306. The number of methoxy groups -OCH3 is 1. The van der Waals surface area contributed by atoms with Gasteiger partial charge in [0.1, 0.15) is 10.7 Å². The van der Waals surface area contributed by atoms with E-state index in [0.717, 1.165) is 0 Å². The molecule has 0 amide bonds. The second-order valence-electron chi connectivity index (χ2n) is 2.79. The Morgan fingerprint density at radius 1 is 1.29 bits per heavy atom. The van der Waals surface area contributed by atoms with Crippen LogP contribution in [0.2, 0.25) is 5.15 Å². The Hall–Kier alpha value is -1.35. The second kappa shape index (κ2) is 3.42. The largest absolute Gasteiger partial charge is 0.494 e. The van der Waals surface area contributed by atoms with Gasteiger partial charge < -0.3 is 4.74 Å². The summed E-state index contributed by atoms with van der Waals surface area (Å²) >= 11 is 5.67. The zero-order chi connectivity index (χ0) is 10.1. The van der Waals surface area contributed by atoms with Gasteiger partial charge in [-0.25, -0.2) is 9.37 Å². The molecule has 2 aromatic rings. The topological polar surface area (TPSA) is 22.1 Å². The predicted molar refractivity (Wildman–Crippen MR) is 53.3 cm³/mol. The Labute approximate surface area is 85.3 Å². The first-order chi connectivity index (χ1) is 6.72. The summed E-state index contributed by atoms with van der Waals surface area (Å²) in [6, 6.07) is 6.64. The summed E-state index contributed by atoms with van der Waals surface area (Å²) in [6.07, 6.45) is 0. The molecular weight excluding hydrogens is 205 g/mol. The number of aromatic nitrogens is 1. The van der Waals surface area contributed by atoms with Gasteiger partial charge in [-0.05, 0) is 24.3 Å². The van der Waals surface area contributed by atoms with E-state index in [4.69, 9.17) is 16.3 Å². The van der Waals surface area contributed by atoms with Crippen molar-refractivity contribution in [3.63, 3.8) is 0 Å². The number of rotatable bonds is 1. The number of pyridine rings is 1. The molecule has 2 rings (SSSR count). The average molecular weight is 212 g/mol. The molecule has 0 unspecified atom stereocenters. The van der Waals surface area contributed by atoms with Gasteiger partial charge in [-0.15, -0.1) is 0 Å². The number of nitrogens with zero attached hydrogens (tertiary/aromatic N) is 1. The van der Waals surface area contributed by atoms with Crippen LogP contribution in [0.15, 0.2) is 24.3 Å². The summed E-state index contributed by atoms with van der Waals surface area (Å²) < 4.78 is 18.4. The predicted octanol–water partition coefficient (Wildman–Crippen LogP) is 3.04. The fourth-order valence-electron chi connectivity index (χ4n) is 1.27. The van der Waals surface area contributed by atoms with Crippen LogP contribution in [0.5, 0.6) is 5.75 Å². The molecule has 4 heteroatoms. The van der Waals surface area contributed by atoms with Crippen molar-refractivity contribution in [3.8, 4) is 5.75 Å². The van der Waals surface area contributed by atoms with Gasteiger partial charge in [0.25, 0.3) is 0 Å². The van der Waals surface area contributed by atoms with Crippen LogP contribution in [0, 0.1) is 5.82 Å². The Morgan fingerprint density at radius 3 is 2.71 bits per heavy atom. The molecule has 0 saturated heterocycles. The molecule has 0 N–H and O–H groups in total. The lowest BCUT2D eigenvalue weighted by Crippen LogP contribution is -1.91. The molecule has 1 aromatic carbocycles. The molecule has 0 aliphatic carbocycles. The standard InChI is InChI=1S/C10H7ClFNO/c1-14-7-4-2-6-3-5-8(11)13-10(6)9(7)12/h2-5H,1H3. The van der Waals surface area contributed by atoms with Crippen molar-refractivity contribution in [2.24, 2.45) is 0 Å². The number of fused-ring (bicyclic) bond motifs is 1. The van der Waals surface area contributed by atoms with Crippen LogP contribution in [-0.4, -0.2) is 12.1 Å². The Kier molecular flexibility index (Phi) is 2.25. The van der Waals surface area contributed by atoms with Crippen LogP contribution in [0.4, 0.5) is 4.39 Å². The summed E-state index contributed by atoms with van der Waals surface area (Å²) in [5, 5.41) is 0.970. The van der Waals surface area contributed by atoms with E-state index in [0.29, 0.717) is 5.39 Å². The number of benzene rings is 1. The zero-order valence-electron chi connectivity index (χ0n) is 7.42. The first-order valence-electron chi connectivity index (χ1n) is 4.01. The highest BCUT2D eigenvalue weighted by molar-refractivity contribution is 6.29. The smallest absolute Gasteiger partial charge is 0.191 e. The van der Waals surface area contributed by atoms with E-state index < -0.39 is 5.82 Å². The maximum Gasteiger partial charge on any atom is 0.191 e. The van der Waals surface area contributed by atoms with E-state index in [1.165, 1.54) is 7.11 Å². The highest BCUT2D eigenvalue weighted by Gasteiger charge is 2.08. The van der Waals surface area contributed by atoms with Crippen molar-refractivity contribution in [2.75, 3.05) is 7.11 Å². The molecule has 1 heterocycles. The van der Waals surface area contributed by atoms with Crippen molar-refractivity contribution in [1.82, 2.24) is 4.98 Å². The fourth-order valence-corrected chi connectivity index (χ4v) is 1.42. The quantitative estimate of drug-likeness (QED) is 0.677. The highest BCUT2D eigenvalue weighted by atomic mass is 35.5. The minimum Gasteiger partial charge on any atom is -0.494 e. The fraction of sp³-hybridized carbons (Fsp3) is 0.100. The Morgan fingerprint density at radius 2 is 2.00 bits per heavy atom. The molecule has 14 heavy (non-hydrogen) atoms. The monoisotopic (exact) mass is 211 g/mol. The molecule has 0 bridgehead atoms. The normalized spacial score (nSPS) is 10.5. The van der Waals surface area contributed by atoms with Crippen molar-refractivity contribution in [2.45, 2.75) is 0 Å². The van der Waals surface area contributed by atoms with Gasteiger partial charge in [-0.2, -0.15) is 0 Å². The number of halogens is 2. The van der Waals surface area contributed by atoms with Gasteiger partial charge in [0.2, 0.25) is 0 Å². The lowest BCUT2D eigenvalue weighted by Gasteiger charge is -2.04. The maximum absolute atomic E-state index is 13.6. The number of hydrogen-bond acceptors (Lipinski definition) is 2. The lowest BCUT2D eigenvalue weighted by atomic mass is 10.2. The first kappa shape index (κ1) is 9.21. The number of hydrogen-bond donors (Lipinski definition) is 0. The second-order valence-corrected chi connectivity index (χ2v) is 3.17. The van der Waals surface area contributed by atoms with Crippen LogP contribution in [-0.2, 0) is 0 Å². The third-order valence-corrected chi connectivity index (χ3v) is 2.16.